The van der Waals surface area contributed by atoms with Gasteiger partial charge in [0, 0.05) is 11.3 Å². The summed E-state index contributed by atoms with van der Waals surface area (Å²) in [5.41, 5.74) is 14.2. The van der Waals surface area contributed by atoms with Crippen molar-refractivity contribution in [2.45, 2.75) is 0 Å². The molecule has 22 heavy (non-hydrogen) atoms. The van der Waals surface area contributed by atoms with E-state index in [0.717, 1.165) is 5.01 Å². The standard InChI is InChI=1S/C15H16N4O3/c1-22-13-8-3-2-7-12(13)19(18-15(17)21)14(20)10-5-4-6-11(16)9-10/h2-9H,16H2,1H3,(H3,17,18,21). The molecule has 0 aliphatic heterocycles. The van der Waals surface area contributed by atoms with E-state index >= 15 is 0 Å². The topological polar surface area (TPSA) is 111 Å². The number of primary amides is 1. The van der Waals surface area contributed by atoms with E-state index < -0.39 is 11.9 Å². The highest BCUT2D eigenvalue weighted by Crippen LogP contribution is 2.27. The van der Waals surface area contributed by atoms with Gasteiger partial charge in [-0.15, -0.1) is 0 Å². The van der Waals surface area contributed by atoms with Crippen LogP contribution in [0.25, 0.3) is 0 Å². The number of ether oxygens (including phenoxy) is 1. The fourth-order valence-electron chi connectivity index (χ4n) is 1.95. The molecule has 2 rings (SSSR count). The van der Waals surface area contributed by atoms with Crippen LogP contribution in [0.2, 0.25) is 0 Å². The molecule has 0 saturated heterocycles. The van der Waals surface area contributed by atoms with Gasteiger partial charge in [-0.1, -0.05) is 18.2 Å². The van der Waals surface area contributed by atoms with E-state index in [2.05, 4.69) is 5.43 Å². The first-order chi connectivity index (χ1) is 10.5. The number of anilines is 2. The maximum absolute atomic E-state index is 12.6. The average molecular weight is 300 g/mol. The summed E-state index contributed by atoms with van der Waals surface area (Å²) in [7, 11) is 1.46. The highest BCUT2D eigenvalue weighted by Gasteiger charge is 2.22. The Morgan fingerprint density at radius 2 is 1.86 bits per heavy atom. The number of nitrogen functional groups attached to an aromatic ring is 1. The number of methoxy groups -OCH3 is 1. The van der Waals surface area contributed by atoms with Crippen LogP contribution in [0.5, 0.6) is 5.75 Å². The fourth-order valence-corrected chi connectivity index (χ4v) is 1.95. The van der Waals surface area contributed by atoms with Gasteiger partial charge in [-0.3, -0.25) is 4.79 Å². The van der Waals surface area contributed by atoms with E-state index in [0.29, 0.717) is 22.7 Å². The number of hydrogen-bond acceptors (Lipinski definition) is 4. The molecule has 0 bridgehead atoms. The lowest BCUT2D eigenvalue weighted by Crippen LogP contribution is -2.49. The van der Waals surface area contributed by atoms with E-state index in [1.807, 2.05) is 0 Å². The Balaban J connectivity index is 2.46. The molecule has 0 aliphatic rings. The first kappa shape index (κ1) is 15.2. The molecule has 0 spiro atoms. The van der Waals surface area contributed by atoms with E-state index in [1.54, 1.807) is 42.5 Å². The van der Waals surface area contributed by atoms with Crippen LogP contribution in [0.1, 0.15) is 10.4 Å². The summed E-state index contributed by atoms with van der Waals surface area (Å²) in [6.07, 6.45) is 0. The molecule has 0 radical (unpaired) electrons. The summed E-state index contributed by atoms with van der Waals surface area (Å²) in [4.78, 5) is 23.9. The zero-order valence-corrected chi connectivity index (χ0v) is 11.9. The Bertz CT molecular complexity index is 703. The van der Waals surface area contributed by atoms with Gasteiger partial charge in [0.15, 0.2) is 0 Å². The molecule has 0 aliphatic carbocycles. The van der Waals surface area contributed by atoms with Crippen LogP contribution < -0.4 is 26.6 Å². The number of carbonyl (C=O) groups is 2. The summed E-state index contributed by atoms with van der Waals surface area (Å²) in [6.45, 7) is 0. The third-order valence-electron chi connectivity index (χ3n) is 2.88. The Morgan fingerprint density at radius 1 is 1.14 bits per heavy atom. The number of carbonyl (C=O) groups excluding carboxylic acids is 2. The summed E-state index contributed by atoms with van der Waals surface area (Å²) < 4.78 is 5.21. The summed E-state index contributed by atoms with van der Waals surface area (Å²) in [6, 6.07) is 12.3. The molecule has 0 saturated carbocycles. The molecule has 0 heterocycles. The SMILES string of the molecule is COc1ccccc1N(NC(N)=O)C(=O)c1cccc(N)c1. The molecule has 7 nitrogen and oxygen atoms in total. The molecule has 0 unspecified atom stereocenters. The number of amides is 3. The average Bonchev–Trinajstić information content (AvgIpc) is 2.51. The van der Waals surface area contributed by atoms with Crippen molar-refractivity contribution in [1.29, 1.82) is 0 Å². The molecule has 2 aromatic carbocycles. The first-order valence-electron chi connectivity index (χ1n) is 6.42. The lowest BCUT2D eigenvalue weighted by Gasteiger charge is -2.24. The number of benzene rings is 2. The molecule has 3 amide bonds. The van der Waals surface area contributed by atoms with Gasteiger partial charge in [-0.2, -0.15) is 0 Å². The maximum atomic E-state index is 12.6. The number of nitrogens with one attached hydrogen (secondary N) is 1. The van der Waals surface area contributed by atoms with Crippen molar-refractivity contribution in [3.63, 3.8) is 0 Å². The van der Waals surface area contributed by atoms with Crippen molar-refractivity contribution in [2.24, 2.45) is 5.73 Å². The number of hydrazine groups is 1. The van der Waals surface area contributed by atoms with Crippen LogP contribution in [0.3, 0.4) is 0 Å². The third kappa shape index (κ3) is 3.26. The predicted molar refractivity (Wildman–Crippen MR) is 83.4 cm³/mol. The second-order valence-electron chi connectivity index (χ2n) is 4.41. The van der Waals surface area contributed by atoms with Gasteiger partial charge in [-0.05, 0) is 30.3 Å². The number of urea groups is 1. The quantitative estimate of drug-likeness (QED) is 0.589. The van der Waals surface area contributed by atoms with Crippen LogP contribution in [0.15, 0.2) is 48.5 Å². The smallest absolute Gasteiger partial charge is 0.331 e. The van der Waals surface area contributed by atoms with Gasteiger partial charge < -0.3 is 16.2 Å². The molecular weight excluding hydrogens is 284 g/mol. The van der Waals surface area contributed by atoms with Crippen LogP contribution in [-0.2, 0) is 0 Å². The second-order valence-corrected chi connectivity index (χ2v) is 4.41. The van der Waals surface area contributed by atoms with Gasteiger partial charge in [0.1, 0.15) is 11.4 Å². The zero-order chi connectivity index (χ0) is 16.1. The number of nitrogens with two attached hydrogens (primary N) is 2. The highest BCUT2D eigenvalue weighted by molar-refractivity contribution is 6.08. The molecule has 114 valence electrons. The van der Waals surface area contributed by atoms with Crippen molar-refractivity contribution in [3.05, 3.63) is 54.1 Å². The molecule has 0 fully saturated rings. The van der Waals surface area contributed by atoms with Gasteiger partial charge in [-0.25, -0.2) is 15.2 Å². The van der Waals surface area contributed by atoms with Crippen LogP contribution in [0, 0.1) is 0 Å². The largest absolute Gasteiger partial charge is 0.494 e. The predicted octanol–water partition coefficient (Wildman–Crippen LogP) is 1.51. The number of nitrogens with zero attached hydrogens (tertiary/aromatic N) is 1. The number of rotatable bonds is 3. The lowest BCUT2D eigenvalue weighted by atomic mass is 10.1. The van der Waals surface area contributed by atoms with Gasteiger partial charge in [0.25, 0.3) is 5.91 Å². The monoisotopic (exact) mass is 300 g/mol. The lowest BCUT2D eigenvalue weighted by molar-refractivity contribution is 0.0975. The highest BCUT2D eigenvalue weighted by atomic mass is 16.5. The normalized spacial score (nSPS) is 9.86. The van der Waals surface area contributed by atoms with Crippen LogP contribution in [0.4, 0.5) is 16.2 Å². The molecule has 5 N–H and O–H groups in total. The van der Waals surface area contributed by atoms with Gasteiger partial charge in [0.2, 0.25) is 0 Å². The van der Waals surface area contributed by atoms with E-state index in [-0.39, 0.29) is 0 Å². The Labute approximate surface area is 127 Å². The maximum Gasteiger partial charge on any atom is 0.331 e. The van der Waals surface area contributed by atoms with Crippen molar-refractivity contribution in [2.75, 3.05) is 17.9 Å². The fraction of sp³-hybridized carbons (Fsp3) is 0.0667. The minimum Gasteiger partial charge on any atom is -0.494 e. The van der Waals surface area contributed by atoms with Crippen molar-refractivity contribution < 1.29 is 14.3 Å². The van der Waals surface area contributed by atoms with Crippen molar-refractivity contribution in [3.8, 4) is 5.75 Å². The van der Waals surface area contributed by atoms with Crippen molar-refractivity contribution in [1.82, 2.24) is 5.43 Å². The summed E-state index contributed by atoms with van der Waals surface area (Å²) in [5.74, 6) is -0.0795. The number of hydrogen-bond donors (Lipinski definition) is 3. The molecule has 7 heteroatoms. The number of para-hydroxylation sites is 2. The summed E-state index contributed by atoms with van der Waals surface area (Å²) in [5, 5.41) is 1.02. The Morgan fingerprint density at radius 3 is 2.50 bits per heavy atom. The Kier molecular flexibility index (Phi) is 4.47. The zero-order valence-electron chi connectivity index (χ0n) is 11.9. The second kappa shape index (κ2) is 6.49. The van der Waals surface area contributed by atoms with Gasteiger partial charge >= 0.3 is 6.03 Å². The van der Waals surface area contributed by atoms with Gasteiger partial charge in [0.05, 0.1) is 7.11 Å². The molecule has 2 aromatic rings. The Hall–Kier alpha value is -3.22. The van der Waals surface area contributed by atoms with Crippen LogP contribution >= 0.6 is 0 Å². The molecule has 0 atom stereocenters. The van der Waals surface area contributed by atoms with Crippen LogP contribution in [-0.4, -0.2) is 19.0 Å². The van der Waals surface area contributed by atoms with E-state index in [1.165, 1.54) is 13.2 Å². The minimum absolute atomic E-state index is 0.305. The molecule has 0 aromatic heterocycles. The van der Waals surface area contributed by atoms with E-state index in [9.17, 15) is 9.59 Å². The molecular formula is C15H16N4O3. The summed E-state index contributed by atoms with van der Waals surface area (Å²) >= 11 is 0. The third-order valence-corrected chi connectivity index (χ3v) is 2.88. The first-order valence-corrected chi connectivity index (χ1v) is 6.42. The minimum atomic E-state index is -0.872. The van der Waals surface area contributed by atoms with E-state index in [4.69, 9.17) is 16.2 Å². The van der Waals surface area contributed by atoms with Crippen molar-refractivity contribution >= 4 is 23.3 Å².